The van der Waals surface area contributed by atoms with Crippen molar-refractivity contribution in [3.05, 3.63) is 23.9 Å². The van der Waals surface area contributed by atoms with Crippen LogP contribution in [0.2, 0.25) is 0 Å². The Morgan fingerprint density at radius 3 is 3.00 bits per heavy atom. The molecule has 0 heterocycles. The van der Waals surface area contributed by atoms with Gasteiger partial charge in [-0.15, -0.1) is 0 Å². The van der Waals surface area contributed by atoms with Crippen molar-refractivity contribution in [2.24, 2.45) is 5.84 Å². The normalized spacial score (nSPS) is 25.6. The SMILES string of the molecule is NNC1=CC=CCC1F. The third kappa shape index (κ3) is 1.29. The molecule has 0 bridgehead atoms. The van der Waals surface area contributed by atoms with Crippen molar-refractivity contribution in [1.29, 1.82) is 0 Å². The molecule has 3 N–H and O–H groups in total. The molecule has 3 heteroatoms. The van der Waals surface area contributed by atoms with Crippen LogP contribution in [0.5, 0.6) is 0 Å². The van der Waals surface area contributed by atoms with E-state index in [2.05, 4.69) is 5.43 Å². The lowest BCUT2D eigenvalue weighted by Gasteiger charge is -2.11. The Labute approximate surface area is 53.2 Å². The zero-order chi connectivity index (χ0) is 6.69. The summed E-state index contributed by atoms with van der Waals surface area (Å²) in [6, 6.07) is 0. The molecule has 1 aliphatic carbocycles. The predicted molar refractivity (Wildman–Crippen MR) is 34.1 cm³/mol. The summed E-state index contributed by atoms with van der Waals surface area (Å²) in [5.74, 6) is 5.00. The molecule has 0 aliphatic heterocycles. The number of hydrazine groups is 1. The number of rotatable bonds is 1. The molecule has 9 heavy (non-hydrogen) atoms. The second kappa shape index (κ2) is 2.64. The number of halogens is 1. The van der Waals surface area contributed by atoms with Crippen LogP contribution in [0.15, 0.2) is 23.9 Å². The molecule has 1 aliphatic rings. The molecule has 1 unspecified atom stereocenters. The minimum Gasteiger partial charge on any atom is -0.325 e. The van der Waals surface area contributed by atoms with E-state index in [9.17, 15) is 4.39 Å². The molecule has 0 spiro atoms. The van der Waals surface area contributed by atoms with E-state index in [-0.39, 0.29) is 0 Å². The number of allylic oxidation sites excluding steroid dienone is 4. The third-order valence-electron chi connectivity index (χ3n) is 1.26. The molecule has 0 saturated carbocycles. The van der Waals surface area contributed by atoms with Crippen molar-refractivity contribution >= 4 is 0 Å². The Kier molecular flexibility index (Phi) is 1.85. The highest BCUT2D eigenvalue weighted by molar-refractivity contribution is 5.19. The maximum absolute atomic E-state index is 12.6. The van der Waals surface area contributed by atoms with E-state index >= 15 is 0 Å². The van der Waals surface area contributed by atoms with Gasteiger partial charge in [0.15, 0.2) is 0 Å². The first kappa shape index (κ1) is 6.29. The number of alkyl halides is 1. The Hall–Kier alpha value is -0.830. The van der Waals surface area contributed by atoms with Crippen LogP contribution in [0.25, 0.3) is 0 Å². The molecule has 0 amide bonds. The fourth-order valence-electron chi connectivity index (χ4n) is 0.740. The lowest BCUT2D eigenvalue weighted by atomic mass is 10.1. The summed E-state index contributed by atoms with van der Waals surface area (Å²) in [6.45, 7) is 0. The van der Waals surface area contributed by atoms with Gasteiger partial charge >= 0.3 is 0 Å². The van der Waals surface area contributed by atoms with Gasteiger partial charge in [-0.2, -0.15) is 0 Å². The Morgan fingerprint density at radius 1 is 1.78 bits per heavy atom. The summed E-state index contributed by atoms with van der Waals surface area (Å²) in [4.78, 5) is 0. The quantitative estimate of drug-likeness (QED) is 0.401. The van der Waals surface area contributed by atoms with E-state index in [4.69, 9.17) is 5.84 Å². The van der Waals surface area contributed by atoms with Gasteiger partial charge in [0.1, 0.15) is 6.17 Å². The lowest BCUT2D eigenvalue weighted by Crippen LogP contribution is -2.28. The highest BCUT2D eigenvalue weighted by atomic mass is 19.1. The number of nitrogens with two attached hydrogens (primary N) is 1. The molecule has 50 valence electrons. The van der Waals surface area contributed by atoms with Gasteiger partial charge in [-0.05, 0) is 6.08 Å². The van der Waals surface area contributed by atoms with Crippen molar-refractivity contribution in [1.82, 2.24) is 5.43 Å². The fraction of sp³-hybridized carbons (Fsp3) is 0.333. The third-order valence-corrected chi connectivity index (χ3v) is 1.26. The van der Waals surface area contributed by atoms with Gasteiger partial charge in [0.25, 0.3) is 0 Å². The average molecular weight is 128 g/mol. The van der Waals surface area contributed by atoms with E-state index in [0.29, 0.717) is 12.1 Å². The largest absolute Gasteiger partial charge is 0.325 e. The number of nitrogens with one attached hydrogen (secondary N) is 1. The summed E-state index contributed by atoms with van der Waals surface area (Å²) >= 11 is 0. The Morgan fingerprint density at radius 2 is 2.56 bits per heavy atom. The topological polar surface area (TPSA) is 38.0 Å². The molecule has 2 nitrogen and oxygen atoms in total. The van der Waals surface area contributed by atoms with Crippen LogP contribution in [-0.4, -0.2) is 6.17 Å². The zero-order valence-corrected chi connectivity index (χ0v) is 4.97. The lowest BCUT2D eigenvalue weighted by molar-refractivity contribution is 0.365. The van der Waals surface area contributed by atoms with Gasteiger partial charge < -0.3 is 5.43 Å². The van der Waals surface area contributed by atoms with Gasteiger partial charge in [0, 0.05) is 6.42 Å². The summed E-state index contributed by atoms with van der Waals surface area (Å²) in [5.41, 5.74) is 2.74. The van der Waals surface area contributed by atoms with Crippen molar-refractivity contribution in [3.63, 3.8) is 0 Å². The molecule has 0 aromatic heterocycles. The van der Waals surface area contributed by atoms with E-state index in [1.54, 1.807) is 18.2 Å². The molecule has 1 rings (SSSR count). The first-order valence-electron chi connectivity index (χ1n) is 2.82. The molecule has 1 atom stereocenters. The van der Waals surface area contributed by atoms with Crippen LogP contribution in [-0.2, 0) is 0 Å². The van der Waals surface area contributed by atoms with Crippen LogP contribution < -0.4 is 11.3 Å². The highest BCUT2D eigenvalue weighted by Gasteiger charge is 2.10. The van der Waals surface area contributed by atoms with E-state index in [1.165, 1.54) is 0 Å². The maximum Gasteiger partial charge on any atom is 0.144 e. The zero-order valence-electron chi connectivity index (χ0n) is 4.97. The first-order chi connectivity index (χ1) is 4.34. The summed E-state index contributed by atoms with van der Waals surface area (Å²) in [5, 5.41) is 0. The van der Waals surface area contributed by atoms with E-state index in [0.717, 1.165) is 0 Å². The van der Waals surface area contributed by atoms with Crippen LogP contribution in [0.4, 0.5) is 4.39 Å². The predicted octanol–water partition coefficient (Wildman–Crippen LogP) is 0.632. The van der Waals surface area contributed by atoms with Crippen LogP contribution in [0.3, 0.4) is 0 Å². The highest BCUT2D eigenvalue weighted by Crippen LogP contribution is 2.12. The molecule has 0 saturated heterocycles. The number of hydrogen-bond donors (Lipinski definition) is 2. The molecule has 0 aromatic rings. The average Bonchev–Trinajstić information content (AvgIpc) is 1.89. The molecule has 0 radical (unpaired) electrons. The molecule has 0 aromatic carbocycles. The standard InChI is InChI=1S/C6H9FN2/c7-5-3-1-2-4-6(5)9-8/h1-2,4-5,9H,3,8H2. The van der Waals surface area contributed by atoms with Gasteiger partial charge in [0.2, 0.25) is 0 Å². The monoisotopic (exact) mass is 128 g/mol. The summed E-state index contributed by atoms with van der Waals surface area (Å²) in [7, 11) is 0. The minimum absolute atomic E-state index is 0.427. The van der Waals surface area contributed by atoms with Crippen LogP contribution in [0.1, 0.15) is 6.42 Å². The van der Waals surface area contributed by atoms with Crippen molar-refractivity contribution in [3.8, 4) is 0 Å². The first-order valence-corrected chi connectivity index (χ1v) is 2.82. The molecular formula is C6H9FN2. The van der Waals surface area contributed by atoms with Crippen LogP contribution in [0, 0.1) is 0 Å². The van der Waals surface area contributed by atoms with Crippen molar-refractivity contribution in [2.45, 2.75) is 12.6 Å². The van der Waals surface area contributed by atoms with Crippen molar-refractivity contribution < 1.29 is 4.39 Å². The van der Waals surface area contributed by atoms with E-state index < -0.39 is 6.17 Å². The number of hydrogen-bond acceptors (Lipinski definition) is 2. The Bertz CT molecular complexity index is 151. The second-order valence-electron chi connectivity index (χ2n) is 1.90. The smallest absolute Gasteiger partial charge is 0.144 e. The van der Waals surface area contributed by atoms with Crippen molar-refractivity contribution in [2.75, 3.05) is 0 Å². The summed E-state index contributed by atoms with van der Waals surface area (Å²) in [6.07, 6.45) is 4.67. The molecule has 0 fully saturated rings. The second-order valence-corrected chi connectivity index (χ2v) is 1.90. The van der Waals surface area contributed by atoms with Gasteiger partial charge in [-0.3, -0.25) is 5.84 Å². The maximum atomic E-state index is 12.6. The summed E-state index contributed by atoms with van der Waals surface area (Å²) < 4.78 is 12.6. The van der Waals surface area contributed by atoms with Gasteiger partial charge in [-0.25, -0.2) is 4.39 Å². The Balaban J connectivity index is 2.63. The fourth-order valence-corrected chi connectivity index (χ4v) is 0.740. The van der Waals surface area contributed by atoms with E-state index in [1.807, 2.05) is 0 Å². The van der Waals surface area contributed by atoms with Crippen LogP contribution >= 0.6 is 0 Å². The molecular weight excluding hydrogens is 119 g/mol. The van der Waals surface area contributed by atoms with Gasteiger partial charge in [0.05, 0.1) is 5.70 Å². The van der Waals surface area contributed by atoms with Gasteiger partial charge in [-0.1, -0.05) is 12.2 Å². The minimum atomic E-state index is -0.944.